The van der Waals surface area contributed by atoms with Gasteiger partial charge in [0.1, 0.15) is 5.69 Å². The third-order valence-electron chi connectivity index (χ3n) is 3.38. The fourth-order valence-corrected chi connectivity index (χ4v) is 2.56. The van der Waals surface area contributed by atoms with Crippen LogP contribution in [0.2, 0.25) is 0 Å². The largest absolute Gasteiger partial charge is 0.348 e. The maximum atomic E-state index is 12.0. The molecule has 1 fully saturated rings. The number of amides is 1. The molecule has 1 aromatic rings. The van der Waals surface area contributed by atoms with Gasteiger partial charge in [-0.05, 0) is 54.0 Å². The first kappa shape index (κ1) is 13.5. The Kier molecular flexibility index (Phi) is 4.35. The zero-order chi connectivity index (χ0) is 13.1. The van der Waals surface area contributed by atoms with Gasteiger partial charge < -0.3 is 10.2 Å². The Hall–Kier alpha value is -0.940. The number of nitrogens with one attached hydrogen (secondary N) is 1. The van der Waals surface area contributed by atoms with Gasteiger partial charge in [0.15, 0.2) is 0 Å². The Morgan fingerprint density at radius 3 is 2.94 bits per heavy atom. The van der Waals surface area contributed by atoms with Crippen molar-refractivity contribution in [3.05, 3.63) is 28.5 Å². The van der Waals surface area contributed by atoms with Crippen molar-refractivity contribution >= 4 is 21.8 Å². The second-order valence-corrected chi connectivity index (χ2v) is 5.89. The van der Waals surface area contributed by atoms with Crippen LogP contribution in [0.15, 0.2) is 22.8 Å². The Morgan fingerprint density at radius 1 is 1.56 bits per heavy atom. The highest BCUT2D eigenvalue weighted by molar-refractivity contribution is 9.10. The second kappa shape index (κ2) is 5.80. The minimum atomic E-state index is -0.0797. The van der Waals surface area contributed by atoms with Crippen molar-refractivity contribution in [2.45, 2.75) is 19.4 Å². The summed E-state index contributed by atoms with van der Waals surface area (Å²) < 4.78 is 0.881. The number of piperidine rings is 1. The van der Waals surface area contributed by atoms with Crippen molar-refractivity contribution in [1.29, 1.82) is 0 Å². The molecule has 98 valence electrons. The minimum absolute atomic E-state index is 0.0797. The molecule has 5 heteroatoms. The van der Waals surface area contributed by atoms with Crippen LogP contribution in [-0.4, -0.2) is 42.0 Å². The highest BCUT2D eigenvalue weighted by Crippen LogP contribution is 2.16. The third kappa shape index (κ3) is 3.29. The lowest BCUT2D eigenvalue weighted by Crippen LogP contribution is -2.49. The Bertz CT molecular complexity index is 421. The van der Waals surface area contributed by atoms with Crippen LogP contribution in [0.25, 0.3) is 0 Å². The number of halogens is 1. The normalized spacial score (nSPS) is 24.8. The SMILES string of the molecule is CC1CN(C)CCC1NC(=O)c1ccc(Br)cn1. The van der Waals surface area contributed by atoms with Gasteiger partial charge >= 0.3 is 0 Å². The topological polar surface area (TPSA) is 45.2 Å². The van der Waals surface area contributed by atoms with Crippen molar-refractivity contribution in [3.63, 3.8) is 0 Å². The summed E-state index contributed by atoms with van der Waals surface area (Å²) in [6.45, 7) is 4.23. The van der Waals surface area contributed by atoms with E-state index in [1.807, 2.05) is 6.07 Å². The summed E-state index contributed by atoms with van der Waals surface area (Å²) in [4.78, 5) is 18.5. The van der Waals surface area contributed by atoms with Crippen molar-refractivity contribution in [1.82, 2.24) is 15.2 Å². The molecule has 0 aromatic carbocycles. The van der Waals surface area contributed by atoms with E-state index in [0.29, 0.717) is 11.6 Å². The van der Waals surface area contributed by atoms with Gasteiger partial charge in [0.05, 0.1) is 0 Å². The van der Waals surface area contributed by atoms with E-state index in [2.05, 4.69) is 45.1 Å². The monoisotopic (exact) mass is 311 g/mol. The summed E-state index contributed by atoms with van der Waals surface area (Å²) in [5.41, 5.74) is 0.476. The molecular weight excluding hydrogens is 294 g/mol. The van der Waals surface area contributed by atoms with Gasteiger partial charge in [0, 0.05) is 23.3 Å². The van der Waals surface area contributed by atoms with Crippen molar-refractivity contribution in [2.24, 2.45) is 5.92 Å². The number of carbonyl (C=O) groups is 1. The van der Waals surface area contributed by atoms with E-state index in [4.69, 9.17) is 0 Å². The van der Waals surface area contributed by atoms with E-state index >= 15 is 0 Å². The molecule has 2 atom stereocenters. The fraction of sp³-hybridized carbons (Fsp3) is 0.538. The summed E-state index contributed by atoms with van der Waals surface area (Å²) in [5.74, 6) is 0.395. The van der Waals surface area contributed by atoms with E-state index < -0.39 is 0 Å². The highest BCUT2D eigenvalue weighted by Gasteiger charge is 2.25. The standard InChI is InChI=1S/C13H18BrN3O/c1-9-8-17(2)6-5-11(9)16-13(18)12-4-3-10(14)7-15-12/h3-4,7,9,11H,5-6,8H2,1-2H3,(H,16,18). The predicted octanol–water partition coefficient (Wildman–Crippen LogP) is 1.91. The van der Waals surface area contributed by atoms with Gasteiger partial charge in [-0.25, -0.2) is 4.98 Å². The number of rotatable bonds is 2. The van der Waals surface area contributed by atoms with E-state index in [1.54, 1.807) is 12.3 Å². The molecule has 2 rings (SSSR count). The van der Waals surface area contributed by atoms with Crippen LogP contribution in [0.3, 0.4) is 0 Å². The summed E-state index contributed by atoms with van der Waals surface area (Å²) in [7, 11) is 2.12. The maximum absolute atomic E-state index is 12.0. The summed E-state index contributed by atoms with van der Waals surface area (Å²) in [5, 5.41) is 3.08. The molecule has 0 saturated carbocycles. The van der Waals surface area contributed by atoms with Gasteiger partial charge in [0.2, 0.25) is 0 Å². The molecule has 2 unspecified atom stereocenters. The first-order chi connectivity index (χ1) is 8.56. The summed E-state index contributed by atoms with van der Waals surface area (Å²) >= 11 is 3.31. The van der Waals surface area contributed by atoms with Crippen LogP contribution in [0, 0.1) is 5.92 Å². The number of aromatic nitrogens is 1. The number of pyridine rings is 1. The summed E-state index contributed by atoms with van der Waals surface area (Å²) in [6.07, 6.45) is 2.65. The van der Waals surface area contributed by atoms with E-state index in [0.717, 1.165) is 24.0 Å². The number of carbonyl (C=O) groups excluding carboxylic acids is 1. The molecule has 0 radical (unpaired) electrons. The lowest BCUT2D eigenvalue weighted by molar-refractivity contribution is 0.0879. The Labute approximate surface area is 116 Å². The number of nitrogens with zero attached hydrogens (tertiary/aromatic N) is 2. The highest BCUT2D eigenvalue weighted by atomic mass is 79.9. The van der Waals surface area contributed by atoms with Crippen LogP contribution < -0.4 is 5.32 Å². The zero-order valence-corrected chi connectivity index (χ0v) is 12.3. The third-order valence-corrected chi connectivity index (χ3v) is 3.85. The van der Waals surface area contributed by atoms with E-state index in [1.165, 1.54) is 0 Å². The molecular formula is C13H18BrN3O. The number of hydrogen-bond acceptors (Lipinski definition) is 3. The average Bonchev–Trinajstić information content (AvgIpc) is 2.33. The molecule has 0 aliphatic carbocycles. The lowest BCUT2D eigenvalue weighted by atomic mass is 9.94. The quantitative estimate of drug-likeness (QED) is 0.907. The van der Waals surface area contributed by atoms with Crippen LogP contribution in [0.5, 0.6) is 0 Å². The zero-order valence-electron chi connectivity index (χ0n) is 10.7. The van der Waals surface area contributed by atoms with Crippen LogP contribution in [-0.2, 0) is 0 Å². The van der Waals surface area contributed by atoms with Gasteiger partial charge in [0.25, 0.3) is 5.91 Å². The average molecular weight is 312 g/mol. The molecule has 18 heavy (non-hydrogen) atoms. The van der Waals surface area contributed by atoms with Crippen molar-refractivity contribution in [2.75, 3.05) is 20.1 Å². The lowest BCUT2D eigenvalue weighted by Gasteiger charge is -2.35. The first-order valence-electron chi connectivity index (χ1n) is 6.17. The van der Waals surface area contributed by atoms with Gasteiger partial charge in [-0.1, -0.05) is 6.92 Å². The molecule has 4 nitrogen and oxygen atoms in total. The van der Waals surface area contributed by atoms with Crippen LogP contribution in [0.1, 0.15) is 23.8 Å². The molecule has 1 aromatic heterocycles. The minimum Gasteiger partial charge on any atom is -0.348 e. The van der Waals surface area contributed by atoms with Gasteiger partial charge in [-0.2, -0.15) is 0 Å². The Morgan fingerprint density at radius 2 is 2.33 bits per heavy atom. The fourth-order valence-electron chi connectivity index (χ4n) is 2.32. The van der Waals surface area contributed by atoms with E-state index in [9.17, 15) is 4.79 Å². The molecule has 0 spiro atoms. The van der Waals surface area contributed by atoms with Crippen molar-refractivity contribution in [3.8, 4) is 0 Å². The first-order valence-corrected chi connectivity index (χ1v) is 6.96. The molecule has 2 heterocycles. The predicted molar refractivity (Wildman–Crippen MR) is 74.5 cm³/mol. The number of hydrogen-bond donors (Lipinski definition) is 1. The van der Waals surface area contributed by atoms with Crippen LogP contribution >= 0.6 is 15.9 Å². The molecule has 1 aliphatic heterocycles. The van der Waals surface area contributed by atoms with Crippen molar-refractivity contribution < 1.29 is 4.79 Å². The molecule has 1 aliphatic rings. The van der Waals surface area contributed by atoms with Gasteiger partial charge in [-0.3, -0.25) is 4.79 Å². The number of likely N-dealkylation sites (tertiary alicyclic amines) is 1. The molecule has 1 saturated heterocycles. The van der Waals surface area contributed by atoms with Gasteiger partial charge in [-0.15, -0.1) is 0 Å². The molecule has 1 amide bonds. The maximum Gasteiger partial charge on any atom is 0.270 e. The molecule has 0 bridgehead atoms. The van der Waals surface area contributed by atoms with Crippen LogP contribution in [0.4, 0.5) is 0 Å². The molecule has 1 N–H and O–H groups in total. The smallest absolute Gasteiger partial charge is 0.270 e. The summed E-state index contributed by atoms with van der Waals surface area (Å²) in [6, 6.07) is 3.82. The Balaban J connectivity index is 1.97. The van der Waals surface area contributed by atoms with E-state index in [-0.39, 0.29) is 11.9 Å². The second-order valence-electron chi connectivity index (χ2n) is 4.97.